The van der Waals surface area contributed by atoms with Crippen molar-refractivity contribution in [1.29, 1.82) is 0 Å². The number of carbonyl (C=O) groups is 2. The van der Waals surface area contributed by atoms with E-state index in [2.05, 4.69) is 15.3 Å². The lowest BCUT2D eigenvalue weighted by Crippen LogP contribution is -2.16. The zero-order chi connectivity index (χ0) is 24.6. The largest absolute Gasteiger partial charge is 0.460 e. The number of aromatic nitrogens is 2. The highest BCUT2D eigenvalue weighted by molar-refractivity contribution is 7.99. The lowest BCUT2D eigenvalue weighted by molar-refractivity contribution is -0.141. The Morgan fingerprint density at radius 1 is 0.971 bits per heavy atom. The second-order valence-electron chi connectivity index (χ2n) is 7.39. The number of rotatable bonds is 8. The van der Waals surface area contributed by atoms with Gasteiger partial charge in [0.1, 0.15) is 23.8 Å². The number of ether oxygens (including phenoxy) is 1. The number of thioether (sulfide) groups is 1. The molecule has 1 aromatic heterocycles. The van der Waals surface area contributed by atoms with E-state index >= 15 is 0 Å². The lowest BCUT2D eigenvalue weighted by atomic mass is 10.0. The molecular formula is C26H21FN4O3S. The maximum Gasteiger partial charge on any atom is 0.316 e. The number of amides is 1. The average molecular weight is 489 g/mol. The molecule has 0 bridgehead atoms. The number of halogens is 1. The summed E-state index contributed by atoms with van der Waals surface area (Å²) < 4.78 is 18.5. The third-order valence-corrected chi connectivity index (χ3v) is 5.79. The molecule has 35 heavy (non-hydrogen) atoms. The van der Waals surface area contributed by atoms with Crippen LogP contribution in [0.5, 0.6) is 0 Å². The molecule has 3 N–H and O–H groups in total. The minimum absolute atomic E-state index is 0.0198. The smallest absolute Gasteiger partial charge is 0.316 e. The maximum atomic E-state index is 13.0. The van der Waals surface area contributed by atoms with Crippen LogP contribution in [0.3, 0.4) is 0 Å². The van der Waals surface area contributed by atoms with Crippen LogP contribution < -0.4 is 11.1 Å². The average Bonchev–Trinajstić information content (AvgIpc) is 2.88. The number of esters is 1. The normalized spacial score (nSPS) is 10.5. The van der Waals surface area contributed by atoms with Crippen LogP contribution in [0.15, 0.2) is 90.2 Å². The molecule has 0 atom stereocenters. The van der Waals surface area contributed by atoms with Gasteiger partial charge in [0.15, 0.2) is 5.16 Å². The number of benzene rings is 3. The number of nitrogens with zero attached hydrogens (tertiary/aromatic N) is 2. The van der Waals surface area contributed by atoms with Crippen LogP contribution in [0.2, 0.25) is 0 Å². The molecule has 0 aliphatic rings. The summed E-state index contributed by atoms with van der Waals surface area (Å²) in [4.78, 5) is 32.9. The summed E-state index contributed by atoms with van der Waals surface area (Å²) in [7, 11) is 0. The van der Waals surface area contributed by atoms with Gasteiger partial charge < -0.3 is 15.8 Å². The fraction of sp³-hybridized carbons (Fsp3) is 0.0769. The van der Waals surface area contributed by atoms with Crippen molar-refractivity contribution >= 4 is 35.1 Å². The van der Waals surface area contributed by atoms with E-state index in [1.165, 1.54) is 30.5 Å². The zero-order valence-corrected chi connectivity index (χ0v) is 19.3. The zero-order valence-electron chi connectivity index (χ0n) is 18.5. The Morgan fingerprint density at radius 2 is 1.69 bits per heavy atom. The van der Waals surface area contributed by atoms with Gasteiger partial charge in [0, 0.05) is 11.9 Å². The van der Waals surface area contributed by atoms with Crippen LogP contribution in [0.1, 0.15) is 15.9 Å². The molecule has 4 aromatic rings. The molecule has 0 aliphatic carbocycles. The highest BCUT2D eigenvalue weighted by Crippen LogP contribution is 2.24. The molecule has 0 saturated heterocycles. The number of nitrogen functional groups attached to an aromatic ring is 1. The molecule has 3 aromatic carbocycles. The third kappa shape index (κ3) is 6.42. The van der Waals surface area contributed by atoms with Gasteiger partial charge in [0.05, 0.1) is 5.75 Å². The Morgan fingerprint density at radius 3 is 2.43 bits per heavy atom. The highest BCUT2D eigenvalue weighted by Gasteiger charge is 2.15. The fourth-order valence-corrected chi connectivity index (χ4v) is 3.84. The van der Waals surface area contributed by atoms with E-state index in [-0.39, 0.29) is 28.9 Å². The molecule has 7 nitrogen and oxygen atoms in total. The molecule has 0 unspecified atom stereocenters. The van der Waals surface area contributed by atoms with Crippen LogP contribution in [0.25, 0.3) is 11.1 Å². The molecule has 0 radical (unpaired) electrons. The van der Waals surface area contributed by atoms with Crippen LogP contribution in [0, 0.1) is 5.82 Å². The van der Waals surface area contributed by atoms with Crippen molar-refractivity contribution in [2.24, 2.45) is 0 Å². The monoisotopic (exact) mass is 488 g/mol. The third-order valence-electron chi connectivity index (χ3n) is 4.95. The van der Waals surface area contributed by atoms with Crippen molar-refractivity contribution in [3.05, 3.63) is 102 Å². The van der Waals surface area contributed by atoms with Crippen molar-refractivity contribution in [1.82, 2.24) is 9.97 Å². The first-order valence-corrected chi connectivity index (χ1v) is 11.6. The van der Waals surface area contributed by atoms with E-state index in [1.54, 1.807) is 0 Å². The molecule has 176 valence electrons. The van der Waals surface area contributed by atoms with Crippen LogP contribution in [-0.2, 0) is 16.1 Å². The van der Waals surface area contributed by atoms with Crippen LogP contribution in [-0.4, -0.2) is 27.6 Å². The van der Waals surface area contributed by atoms with Crippen molar-refractivity contribution in [2.75, 3.05) is 16.8 Å². The first kappa shape index (κ1) is 23.9. The standard InChI is InChI=1S/C26H21FN4O3S/c27-19-10-12-20(13-11-19)30-25(33)22-14-29-26(31-24(22)28)35-16-23(32)34-15-18-8-4-5-9-21(18)17-6-2-1-3-7-17/h1-14H,15-16H2,(H,30,33)(H2,28,29,31). The Bertz CT molecular complexity index is 1330. The summed E-state index contributed by atoms with van der Waals surface area (Å²) in [6, 6.07) is 22.9. The molecule has 0 aliphatic heterocycles. The van der Waals surface area contributed by atoms with E-state index in [0.717, 1.165) is 28.5 Å². The highest BCUT2D eigenvalue weighted by atomic mass is 32.2. The van der Waals surface area contributed by atoms with E-state index in [4.69, 9.17) is 10.5 Å². The van der Waals surface area contributed by atoms with Gasteiger partial charge in [0.25, 0.3) is 5.91 Å². The first-order chi connectivity index (χ1) is 17.0. The second-order valence-corrected chi connectivity index (χ2v) is 8.33. The molecule has 4 rings (SSSR count). The second kappa shape index (κ2) is 11.3. The van der Waals surface area contributed by atoms with E-state index < -0.39 is 17.7 Å². The van der Waals surface area contributed by atoms with E-state index in [9.17, 15) is 14.0 Å². The first-order valence-electron chi connectivity index (χ1n) is 10.6. The number of anilines is 2. The molecule has 0 fully saturated rings. The molecule has 1 heterocycles. The van der Waals surface area contributed by atoms with Gasteiger partial charge in [-0.05, 0) is 41.0 Å². The van der Waals surface area contributed by atoms with Crippen LogP contribution >= 0.6 is 11.8 Å². The number of carbonyl (C=O) groups excluding carboxylic acids is 2. The number of nitrogens with two attached hydrogens (primary N) is 1. The minimum atomic E-state index is -0.526. The van der Waals surface area contributed by atoms with Crippen molar-refractivity contribution < 1.29 is 18.7 Å². The van der Waals surface area contributed by atoms with Crippen molar-refractivity contribution in [3.63, 3.8) is 0 Å². The summed E-state index contributed by atoms with van der Waals surface area (Å²) in [5, 5.41) is 2.84. The predicted octanol–water partition coefficient (Wildman–Crippen LogP) is 4.95. The predicted molar refractivity (Wildman–Crippen MR) is 133 cm³/mol. The topological polar surface area (TPSA) is 107 Å². The van der Waals surface area contributed by atoms with Crippen molar-refractivity contribution in [2.45, 2.75) is 11.8 Å². The van der Waals surface area contributed by atoms with Gasteiger partial charge in [-0.25, -0.2) is 14.4 Å². The number of hydrogen-bond donors (Lipinski definition) is 2. The summed E-state index contributed by atoms with van der Waals surface area (Å²) >= 11 is 1.05. The number of nitrogens with one attached hydrogen (secondary N) is 1. The molecule has 0 saturated carbocycles. The summed E-state index contributed by atoms with van der Waals surface area (Å²) in [6.45, 7) is 0.135. The molecule has 0 spiro atoms. The van der Waals surface area contributed by atoms with Gasteiger partial charge in [-0.1, -0.05) is 66.4 Å². The van der Waals surface area contributed by atoms with Gasteiger partial charge >= 0.3 is 5.97 Å². The Kier molecular flexibility index (Phi) is 7.69. The quantitative estimate of drug-likeness (QED) is 0.205. The summed E-state index contributed by atoms with van der Waals surface area (Å²) in [5.41, 5.74) is 9.33. The van der Waals surface area contributed by atoms with E-state index in [1.807, 2.05) is 54.6 Å². The Hall–Kier alpha value is -4.24. The van der Waals surface area contributed by atoms with Gasteiger partial charge in [0.2, 0.25) is 0 Å². The molecular weight excluding hydrogens is 467 g/mol. The summed E-state index contributed by atoms with van der Waals surface area (Å²) in [6.07, 6.45) is 1.28. The van der Waals surface area contributed by atoms with Crippen molar-refractivity contribution in [3.8, 4) is 11.1 Å². The van der Waals surface area contributed by atoms with Crippen LogP contribution in [0.4, 0.5) is 15.9 Å². The Balaban J connectivity index is 1.31. The Labute approximate surface area is 205 Å². The number of hydrogen-bond acceptors (Lipinski definition) is 7. The van der Waals surface area contributed by atoms with Gasteiger partial charge in [-0.3, -0.25) is 9.59 Å². The summed E-state index contributed by atoms with van der Waals surface area (Å²) in [5.74, 6) is -1.42. The lowest BCUT2D eigenvalue weighted by Gasteiger charge is -2.11. The molecule has 1 amide bonds. The fourth-order valence-electron chi connectivity index (χ4n) is 3.22. The SMILES string of the molecule is Nc1nc(SCC(=O)OCc2ccccc2-c2ccccc2)ncc1C(=O)Nc1ccc(F)cc1. The molecule has 9 heteroatoms. The van der Waals surface area contributed by atoms with E-state index in [0.29, 0.717) is 5.69 Å². The van der Waals surface area contributed by atoms with Gasteiger partial charge in [-0.2, -0.15) is 0 Å². The van der Waals surface area contributed by atoms with Gasteiger partial charge in [-0.15, -0.1) is 0 Å². The maximum absolute atomic E-state index is 13.0. The minimum Gasteiger partial charge on any atom is -0.460 e.